The van der Waals surface area contributed by atoms with Crippen molar-refractivity contribution in [3.8, 4) is 0 Å². The summed E-state index contributed by atoms with van der Waals surface area (Å²) in [6.45, 7) is 17.9. The Kier molecular flexibility index (Phi) is 7.51. The average Bonchev–Trinajstić information content (AvgIpc) is 3.10. The van der Waals surface area contributed by atoms with Gasteiger partial charge in [-0.15, -0.1) is 0 Å². The summed E-state index contributed by atoms with van der Waals surface area (Å²) in [4.78, 5) is 8.16. The number of hydrogen-bond donors (Lipinski definition) is 0. The highest BCUT2D eigenvalue weighted by atomic mass is 16.5. The van der Waals surface area contributed by atoms with Gasteiger partial charge in [-0.25, -0.2) is 0 Å². The first-order valence-electron chi connectivity index (χ1n) is 12.3. The van der Waals surface area contributed by atoms with E-state index in [1.807, 2.05) is 0 Å². The molecule has 1 aromatic carbocycles. The third kappa shape index (κ3) is 6.29. The molecule has 4 heteroatoms. The molecule has 0 aliphatic carbocycles. The molecule has 0 saturated carbocycles. The first-order chi connectivity index (χ1) is 14.5. The van der Waals surface area contributed by atoms with E-state index in [0.29, 0.717) is 10.8 Å². The number of morpholine rings is 1. The van der Waals surface area contributed by atoms with Crippen LogP contribution in [0.25, 0.3) is 0 Å². The fourth-order valence-corrected chi connectivity index (χ4v) is 6.17. The summed E-state index contributed by atoms with van der Waals surface area (Å²) in [5.41, 5.74) is 2.39. The summed E-state index contributed by atoms with van der Waals surface area (Å²) < 4.78 is 5.53. The number of rotatable bonds is 8. The Labute approximate surface area is 184 Å². The summed E-state index contributed by atoms with van der Waals surface area (Å²) in [6.07, 6.45) is 6.72. The van der Waals surface area contributed by atoms with E-state index < -0.39 is 0 Å². The SMILES string of the molecule is CC(C)(CN1CCOCC1)CN1CCC2(CCCN(CCCc3ccccc3)C2)C1. The number of hydrogen-bond acceptors (Lipinski definition) is 4. The molecule has 1 atom stereocenters. The summed E-state index contributed by atoms with van der Waals surface area (Å²) in [6, 6.07) is 11.0. The maximum absolute atomic E-state index is 5.53. The van der Waals surface area contributed by atoms with E-state index >= 15 is 0 Å². The monoisotopic (exact) mass is 413 g/mol. The maximum atomic E-state index is 5.53. The predicted octanol–water partition coefficient (Wildman–Crippen LogP) is 3.77. The molecule has 1 aromatic rings. The van der Waals surface area contributed by atoms with E-state index in [2.05, 4.69) is 58.9 Å². The van der Waals surface area contributed by atoms with Gasteiger partial charge in [0.05, 0.1) is 13.2 Å². The van der Waals surface area contributed by atoms with Gasteiger partial charge in [-0.3, -0.25) is 4.90 Å². The van der Waals surface area contributed by atoms with E-state index in [0.717, 1.165) is 26.3 Å². The molecule has 0 bridgehead atoms. The molecule has 0 aromatic heterocycles. The molecule has 0 radical (unpaired) electrons. The molecule has 0 amide bonds. The van der Waals surface area contributed by atoms with Crippen molar-refractivity contribution in [3.05, 3.63) is 35.9 Å². The average molecular weight is 414 g/mol. The molecule has 0 N–H and O–H groups in total. The minimum Gasteiger partial charge on any atom is -0.379 e. The first kappa shape index (κ1) is 22.3. The van der Waals surface area contributed by atoms with Crippen molar-refractivity contribution in [2.75, 3.05) is 72.1 Å². The highest BCUT2D eigenvalue weighted by Crippen LogP contribution is 2.40. The van der Waals surface area contributed by atoms with Crippen LogP contribution in [0.4, 0.5) is 0 Å². The minimum absolute atomic E-state index is 0.354. The van der Waals surface area contributed by atoms with Crippen molar-refractivity contribution < 1.29 is 4.74 Å². The van der Waals surface area contributed by atoms with Crippen LogP contribution in [0, 0.1) is 10.8 Å². The normalized spacial score (nSPS) is 27.1. The fraction of sp³-hybridized carbons (Fsp3) is 0.769. The van der Waals surface area contributed by atoms with Gasteiger partial charge < -0.3 is 14.5 Å². The van der Waals surface area contributed by atoms with Crippen LogP contribution >= 0.6 is 0 Å². The van der Waals surface area contributed by atoms with Crippen LogP contribution in [0.2, 0.25) is 0 Å². The lowest BCUT2D eigenvalue weighted by Gasteiger charge is -2.41. The zero-order chi connectivity index (χ0) is 20.9. The highest BCUT2D eigenvalue weighted by Gasteiger charge is 2.42. The quantitative estimate of drug-likeness (QED) is 0.646. The van der Waals surface area contributed by atoms with E-state index in [4.69, 9.17) is 4.74 Å². The van der Waals surface area contributed by atoms with Gasteiger partial charge in [-0.1, -0.05) is 44.2 Å². The zero-order valence-corrected chi connectivity index (χ0v) is 19.5. The standard InChI is InChI=1S/C26H43N3O/c1-25(2,20-28-16-18-30-19-17-28)21-29-15-12-26(23-29)11-7-14-27(22-26)13-6-10-24-8-4-3-5-9-24/h3-5,8-9H,6-7,10-23H2,1-2H3. The fourth-order valence-electron chi connectivity index (χ4n) is 6.17. The van der Waals surface area contributed by atoms with Gasteiger partial charge in [0.1, 0.15) is 0 Å². The van der Waals surface area contributed by atoms with Crippen LogP contribution in [0.15, 0.2) is 30.3 Å². The molecule has 1 spiro atoms. The molecule has 4 rings (SSSR count). The summed E-state index contributed by atoms with van der Waals surface area (Å²) >= 11 is 0. The lowest BCUT2D eigenvalue weighted by Crippen LogP contribution is -2.47. The Bertz CT molecular complexity index is 643. The van der Waals surface area contributed by atoms with Gasteiger partial charge >= 0.3 is 0 Å². The van der Waals surface area contributed by atoms with Crippen LogP contribution in [0.5, 0.6) is 0 Å². The van der Waals surface area contributed by atoms with E-state index in [1.165, 1.54) is 83.5 Å². The Morgan fingerprint density at radius 2 is 1.60 bits per heavy atom. The second-order valence-corrected chi connectivity index (χ2v) is 11.0. The van der Waals surface area contributed by atoms with Gasteiger partial charge in [0.25, 0.3) is 0 Å². The van der Waals surface area contributed by atoms with Gasteiger partial charge in [0.2, 0.25) is 0 Å². The molecular formula is C26H43N3O. The van der Waals surface area contributed by atoms with E-state index in [1.54, 1.807) is 0 Å². The van der Waals surface area contributed by atoms with Gasteiger partial charge in [-0.2, -0.15) is 0 Å². The zero-order valence-electron chi connectivity index (χ0n) is 19.5. The van der Waals surface area contributed by atoms with Crippen molar-refractivity contribution in [1.29, 1.82) is 0 Å². The van der Waals surface area contributed by atoms with Crippen molar-refractivity contribution >= 4 is 0 Å². The number of nitrogens with zero attached hydrogens (tertiary/aromatic N) is 3. The van der Waals surface area contributed by atoms with E-state index in [9.17, 15) is 0 Å². The molecule has 3 heterocycles. The summed E-state index contributed by atoms with van der Waals surface area (Å²) in [7, 11) is 0. The van der Waals surface area contributed by atoms with Gasteiger partial charge in [0.15, 0.2) is 0 Å². The molecular weight excluding hydrogens is 370 g/mol. The van der Waals surface area contributed by atoms with Crippen molar-refractivity contribution in [2.45, 2.75) is 46.0 Å². The molecule has 4 nitrogen and oxygen atoms in total. The van der Waals surface area contributed by atoms with Crippen LogP contribution < -0.4 is 0 Å². The Morgan fingerprint density at radius 1 is 0.867 bits per heavy atom. The van der Waals surface area contributed by atoms with Crippen LogP contribution in [0.3, 0.4) is 0 Å². The largest absolute Gasteiger partial charge is 0.379 e. The maximum Gasteiger partial charge on any atom is 0.0594 e. The molecule has 3 fully saturated rings. The molecule has 3 aliphatic heterocycles. The third-order valence-electron chi connectivity index (χ3n) is 7.45. The molecule has 168 valence electrons. The predicted molar refractivity (Wildman–Crippen MR) is 125 cm³/mol. The lowest BCUT2D eigenvalue weighted by atomic mass is 9.79. The van der Waals surface area contributed by atoms with Crippen LogP contribution in [0.1, 0.15) is 45.1 Å². The lowest BCUT2D eigenvalue weighted by molar-refractivity contribution is 0.0148. The third-order valence-corrected chi connectivity index (χ3v) is 7.45. The van der Waals surface area contributed by atoms with Crippen LogP contribution in [-0.2, 0) is 11.2 Å². The van der Waals surface area contributed by atoms with Gasteiger partial charge in [0, 0.05) is 39.3 Å². The number of ether oxygens (including phenoxy) is 1. The van der Waals surface area contributed by atoms with Crippen molar-refractivity contribution in [3.63, 3.8) is 0 Å². The first-order valence-corrected chi connectivity index (χ1v) is 12.3. The summed E-state index contributed by atoms with van der Waals surface area (Å²) in [5.74, 6) is 0. The molecule has 1 unspecified atom stereocenters. The Hall–Kier alpha value is -0.940. The Morgan fingerprint density at radius 3 is 2.40 bits per heavy atom. The van der Waals surface area contributed by atoms with Crippen molar-refractivity contribution in [2.24, 2.45) is 10.8 Å². The second kappa shape index (κ2) is 10.1. The molecule has 3 aliphatic rings. The number of likely N-dealkylation sites (tertiary alicyclic amines) is 2. The Balaban J connectivity index is 1.22. The second-order valence-electron chi connectivity index (χ2n) is 11.0. The number of piperidine rings is 1. The minimum atomic E-state index is 0.354. The van der Waals surface area contributed by atoms with Gasteiger partial charge in [-0.05, 0) is 68.1 Å². The topological polar surface area (TPSA) is 19.0 Å². The molecule has 30 heavy (non-hydrogen) atoms. The van der Waals surface area contributed by atoms with E-state index in [-0.39, 0.29) is 0 Å². The number of aryl methyl sites for hydroxylation is 1. The summed E-state index contributed by atoms with van der Waals surface area (Å²) in [5, 5.41) is 0. The number of benzene rings is 1. The van der Waals surface area contributed by atoms with Crippen LogP contribution in [-0.4, -0.2) is 86.8 Å². The van der Waals surface area contributed by atoms with Crippen molar-refractivity contribution in [1.82, 2.24) is 14.7 Å². The smallest absolute Gasteiger partial charge is 0.0594 e. The highest BCUT2D eigenvalue weighted by molar-refractivity contribution is 5.14. The molecule has 3 saturated heterocycles.